The van der Waals surface area contributed by atoms with Crippen LogP contribution in [0.5, 0.6) is 0 Å². The van der Waals surface area contributed by atoms with Crippen molar-refractivity contribution in [1.29, 1.82) is 0 Å². The smallest absolute Gasteiger partial charge is 0.328 e. The molecule has 0 fully saturated rings. The van der Waals surface area contributed by atoms with Crippen molar-refractivity contribution in [2.75, 3.05) is 14.2 Å². The molecule has 0 saturated heterocycles. The van der Waals surface area contributed by atoms with Crippen LogP contribution in [-0.2, 0) is 29.3 Å². The molecule has 0 spiro atoms. The first-order chi connectivity index (χ1) is 16.4. The number of benzene rings is 3. The molecule has 1 amide bonds. The molecule has 34 heavy (non-hydrogen) atoms. The maximum atomic E-state index is 14.3. The standard InChI is InChI=1S/C28H29NO5/c1-20(25(30)33-2)19-24(26(31)34-3)29-27(32)28(21-13-7-4-8-14-21,22-15-9-5-10-16-22)23-17-11-6-12-18-23/h4-18,20,24H,19H2,1-3H3,(H,29,32)/t20-,24+/m1/s1. The zero-order chi connectivity index (χ0) is 24.6. The number of amides is 1. The van der Waals surface area contributed by atoms with Gasteiger partial charge in [-0.3, -0.25) is 9.59 Å². The molecule has 0 radical (unpaired) electrons. The fourth-order valence-corrected chi connectivity index (χ4v) is 4.23. The van der Waals surface area contributed by atoms with E-state index < -0.39 is 35.2 Å². The third-order valence-corrected chi connectivity index (χ3v) is 5.94. The van der Waals surface area contributed by atoms with Crippen molar-refractivity contribution in [3.8, 4) is 0 Å². The zero-order valence-electron chi connectivity index (χ0n) is 19.6. The van der Waals surface area contributed by atoms with Gasteiger partial charge in [0.15, 0.2) is 0 Å². The molecule has 0 aliphatic rings. The highest BCUT2D eigenvalue weighted by Gasteiger charge is 2.45. The highest BCUT2D eigenvalue weighted by atomic mass is 16.5. The molecule has 6 heteroatoms. The minimum atomic E-state index is -1.25. The van der Waals surface area contributed by atoms with Crippen LogP contribution in [-0.4, -0.2) is 38.1 Å². The molecule has 0 bridgehead atoms. The number of esters is 2. The first-order valence-corrected chi connectivity index (χ1v) is 11.1. The van der Waals surface area contributed by atoms with E-state index in [1.165, 1.54) is 14.2 Å². The van der Waals surface area contributed by atoms with Crippen LogP contribution >= 0.6 is 0 Å². The number of nitrogens with one attached hydrogen (secondary N) is 1. The minimum Gasteiger partial charge on any atom is -0.469 e. The van der Waals surface area contributed by atoms with Crippen LogP contribution in [0, 0.1) is 5.92 Å². The van der Waals surface area contributed by atoms with Crippen LogP contribution in [0.15, 0.2) is 91.0 Å². The Morgan fingerprint density at radius 3 is 1.44 bits per heavy atom. The summed E-state index contributed by atoms with van der Waals surface area (Å²) in [4.78, 5) is 38.9. The summed E-state index contributed by atoms with van der Waals surface area (Å²) in [6, 6.07) is 27.2. The SMILES string of the molecule is COC(=O)[C@H](C)C[C@H](NC(=O)C(c1ccccc1)(c1ccccc1)c1ccccc1)C(=O)OC. The van der Waals surface area contributed by atoms with Gasteiger partial charge in [-0.15, -0.1) is 0 Å². The van der Waals surface area contributed by atoms with Crippen molar-refractivity contribution < 1.29 is 23.9 Å². The molecular weight excluding hydrogens is 430 g/mol. The number of carbonyl (C=O) groups is 3. The Balaban J connectivity index is 2.16. The second-order valence-corrected chi connectivity index (χ2v) is 8.06. The lowest BCUT2D eigenvalue weighted by atomic mass is 9.68. The fraction of sp³-hybridized carbons (Fsp3) is 0.250. The van der Waals surface area contributed by atoms with Crippen molar-refractivity contribution in [1.82, 2.24) is 5.32 Å². The van der Waals surface area contributed by atoms with Gasteiger partial charge in [0.25, 0.3) is 0 Å². The van der Waals surface area contributed by atoms with Gasteiger partial charge >= 0.3 is 11.9 Å². The molecule has 0 heterocycles. The molecule has 0 aliphatic heterocycles. The van der Waals surface area contributed by atoms with Crippen molar-refractivity contribution in [3.05, 3.63) is 108 Å². The van der Waals surface area contributed by atoms with Gasteiger partial charge in [-0.05, 0) is 23.1 Å². The van der Waals surface area contributed by atoms with E-state index in [0.29, 0.717) is 0 Å². The van der Waals surface area contributed by atoms with Gasteiger partial charge in [0.1, 0.15) is 11.5 Å². The maximum absolute atomic E-state index is 14.3. The summed E-state index contributed by atoms with van der Waals surface area (Å²) in [5, 5.41) is 2.89. The summed E-state index contributed by atoms with van der Waals surface area (Å²) >= 11 is 0. The second kappa shape index (κ2) is 11.3. The predicted molar refractivity (Wildman–Crippen MR) is 129 cm³/mol. The van der Waals surface area contributed by atoms with E-state index in [1.807, 2.05) is 91.0 Å². The van der Waals surface area contributed by atoms with Crippen LogP contribution in [0.2, 0.25) is 0 Å². The van der Waals surface area contributed by atoms with Gasteiger partial charge < -0.3 is 14.8 Å². The number of ether oxygens (including phenoxy) is 2. The average molecular weight is 460 g/mol. The molecule has 1 N–H and O–H groups in total. The fourth-order valence-electron chi connectivity index (χ4n) is 4.23. The molecule has 3 aromatic rings. The predicted octanol–water partition coefficient (Wildman–Crippen LogP) is 3.88. The van der Waals surface area contributed by atoms with Gasteiger partial charge in [0.2, 0.25) is 5.91 Å². The molecule has 0 aliphatic carbocycles. The van der Waals surface area contributed by atoms with Gasteiger partial charge in [-0.2, -0.15) is 0 Å². The van der Waals surface area contributed by atoms with Crippen LogP contribution in [0.3, 0.4) is 0 Å². The van der Waals surface area contributed by atoms with Crippen LogP contribution in [0.25, 0.3) is 0 Å². The van der Waals surface area contributed by atoms with Crippen molar-refractivity contribution >= 4 is 17.8 Å². The lowest BCUT2D eigenvalue weighted by Gasteiger charge is -2.35. The Hall–Kier alpha value is -3.93. The van der Waals surface area contributed by atoms with Gasteiger partial charge in [0, 0.05) is 0 Å². The Morgan fingerprint density at radius 2 is 1.09 bits per heavy atom. The van der Waals surface area contributed by atoms with Gasteiger partial charge in [0.05, 0.1) is 20.1 Å². The molecule has 2 atom stereocenters. The zero-order valence-corrected chi connectivity index (χ0v) is 19.6. The largest absolute Gasteiger partial charge is 0.469 e. The first kappa shape index (κ1) is 24.7. The first-order valence-electron chi connectivity index (χ1n) is 11.1. The summed E-state index contributed by atoms with van der Waals surface area (Å²) in [5.74, 6) is -2.12. The average Bonchev–Trinajstić information content (AvgIpc) is 2.89. The normalized spacial score (nSPS) is 12.8. The van der Waals surface area contributed by atoms with E-state index in [9.17, 15) is 14.4 Å². The third kappa shape index (κ3) is 5.01. The summed E-state index contributed by atoms with van der Waals surface area (Å²) in [6.07, 6.45) is 0.0412. The Kier molecular flexibility index (Phi) is 8.19. The molecule has 3 aromatic carbocycles. The van der Waals surface area contributed by atoms with E-state index >= 15 is 0 Å². The lowest BCUT2D eigenvalue weighted by Crippen LogP contribution is -2.52. The molecule has 0 unspecified atom stereocenters. The van der Waals surface area contributed by atoms with Crippen molar-refractivity contribution in [3.63, 3.8) is 0 Å². The third-order valence-electron chi connectivity index (χ3n) is 5.94. The molecule has 176 valence electrons. The molecule has 3 rings (SSSR count). The van der Waals surface area contributed by atoms with Crippen molar-refractivity contribution in [2.45, 2.75) is 24.8 Å². The second-order valence-electron chi connectivity index (χ2n) is 8.06. The van der Waals surface area contributed by atoms with Gasteiger partial charge in [-0.25, -0.2) is 4.79 Å². The highest BCUT2D eigenvalue weighted by Crippen LogP contribution is 2.39. The van der Waals surface area contributed by atoms with E-state index in [4.69, 9.17) is 9.47 Å². The Bertz CT molecular complexity index is 1000. The Morgan fingerprint density at radius 1 is 0.706 bits per heavy atom. The molecular formula is C28H29NO5. The monoisotopic (exact) mass is 459 g/mol. The number of rotatable bonds is 9. The van der Waals surface area contributed by atoms with Crippen LogP contribution in [0.1, 0.15) is 30.0 Å². The summed E-state index contributed by atoms with van der Waals surface area (Å²) in [6.45, 7) is 1.65. The van der Waals surface area contributed by atoms with E-state index in [2.05, 4.69) is 5.32 Å². The van der Waals surface area contributed by atoms with Crippen LogP contribution in [0.4, 0.5) is 0 Å². The van der Waals surface area contributed by atoms with E-state index in [0.717, 1.165) is 16.7 Å². The summed E-state index contributed by atoms with van der Waals surface area (Å²) < 4.78 is 9.75. The lowest BCUT2D eigenvalue weighted by molar-refractivity contribution is -0.149. The Labute approximate surface area is 199 Å². The number of hydrogen-bond acceptors (Lipinski definition) is 5. The summed E-state index contributed by atoms with van der Waals surface area (Å²) in [7, 11) is 2.54. The van der Waals surface area contributed by atoms with E-state index in [-0.39, 0.29) is 6.42 Å². The summed E-state index contributed by atoms with van der Waals surface area (Å²) in [5.41, 5.74) is 0.989. The molecule has 6 nitrogen and oxygen atoms in total. The minimum absolute atomic E-state index is 0.0412. The topological polar surface area (TPSA) is 81.7 Å². The number of hydrogen-bond donors (Lipinski definition) is 1. The highest BCUT2D eigenvalue weighted by molar-refractivity contribution is 5.98. The quantitative estimate of drug-likeness (QED) is 0.388. The number of methoxy groups -OCH3 is 2. The van der Waals surface area contributed by atoms with Gasteiger partial charge in [-0.1, -0.05) is 97.9 Å². The maximum Gasteiger partial charge on any atom is 0.328 e. The molecule has 0 aromatic heterocycles. The number of carbonyl (C=O) groups excluding carboxylic acids is 3. The van der Waals surface area contributed by atoms with Crippen molar-refractivity contribution in [2.24, 2.45) is 5.92 Å². The van der Waals surface area contributed by atoms with Crippen LogP contribution < -0.4 is 5.32 Å². The molecule has 0 saturated carbocycles. The van der Waals surface area contributed by atoms with E-state index in [1.54, 1.807) is 6.92 Å².